The summed E-state index contributed by atoms with van der Waals surface area (Å²) in [5, 5.41) is 3.86. The second-order valence-electron chi connectivity index (χ2n) is 7.73. The first-order valence-electron chi connectivity index (χ1n) is 10.1. The van der Waals surface area contributed by atoms with Crippen molar-refractivity contribution in [2.45, 2.75) is 31.8 Å². The van der Waals surface area contributed by atoms with Crippen LogP contribution < -0.4 is 14.8 Å². The van der Waals surface area contributed by atoms with E-state index in [-0.39, 0.29) is 0 Å². The molecule has 5 rings (SSSR count). The van der Waals surface area contributed by atoms with Crippen LogP contribution in [0.4, 0.5) is 0 Å². The summed E-state index contributed by atoms with van der Waals surface area (Å²) in [6, 6.07) is 26.3. The molecule has 1 aliphatic carbocycles. The highest BCUT2D eigenvalue weighted by Crippen LogP contribution is 2.39. The topological polar surface area (TPSA) is 30.5 Å². The lowest BCUT2D eigenvalue weighted by Crippen LogP contribution is -2.33. The Bertz CT molecular complexity index is 954. The van der Waals surface area contributed by atoms with Gasteiger partial charge in [0.05, 0.1) is 0 Å². The molecule has 0 saturated heterocycles. The summed E-state index contributed by atoms with van der Waals surface area (Å²) in [7, 11) is 0. The zero-order valence-electron chi connectivity index (χ0n) is 15.9. The number of hydrogen-bond acceptors (Lipinski definition) is 3. The fourth-order valence-electron chi connectivity index (χ4n) is 4.52. The largest absolute Gasteiger partial charge is 0.454 e. The van der Waals surface area contributed by atoms with Crippen LogP contribution in [0.3, 0.4) is 0 Å². The minimum Gasteiger partial charge on any atom is -0.454 e. The average Bonchev–Trinajstić information content (AvgIpc) is 3.21. The average molecular weight is 371 g/mol. The molecule has 2 aliphatic rings. The van der Waals surface area contributed by atoms with E-state index in [1.807, 2.05) is 6.07 Å². The molecule has 0 bridgehead atoms. The van der Waals surface area contributed by atoms with Crippen LogP contribution in [-0.2, 0) is 19.4 Å². The number of hydrogen-bond donors (Lipinski definition) is 1. The lowest BCUT2D eigenvalue weighted by Gasteiger charge is -2.35. The lowest BCUT2D eigenvalue weighted by molar-refractivity contribution is 0.174. The van der Waals surface area contributed by atoms with E-state index in [0.717, 1.165) is 30.9 Å². The molecule has 3 nitrogen and oxygen atoms in total. The fraction of sp³-hybridized carbons (Fsp3) is 0.280. The third kappa shape index (κ3) is 3.50. The number of benzene rings is 3. The Hall–Kier alpha value is -2.78. The monoisotopic (exact) mass is 371 g/mol. The van der Waals surface area contributed by atoms with Gasteiger partial charge in [-0.2, -0.15) is 0 Å². The van der Waals surface area contributed by atoms with Gasteiger partial charge in [-0.3, -0.25) is 0 Å². The predicted molar refractivity (Wildman–Crippen MR) is 111 cm³/mol. The van der Waals surface area contributed by atoms with Gasteiger partial charge in [-0.1, -0.05) is 60.7 Å². The molecule has 28 heavy (non-hydrogen) atoms. The molecule has 0 aromatic heterocycles. The molecule has 1 aliphatic heterocycles. The Labute approximate surface area is 166 Å². The molecule has 3 heteroatoms. The van der Waals surface area contributed by atoms with Crippen LogP contribution in [0, 0.1) is 5.92 Å². The minimum atomic E-state index is 0.330. The zero-order valence-corrected chi connectivity index (χ0v) is 15.9. The Balaban J connectivity index is 1.39. The summed E-state index contributed by atoms with van der Waals surface area (Å²) in [6.07, 6.45) is 3.38. The van der Waals surface area contributed by atoms with E-state index in [1.54, 1.807) is 0 Å². The fourth-order valence-corrected chi connectivity index (χ4v) is 4.52. The summed E-state index contributed by atoms with van der Waals surface area (Å²) >= 11 is 0. The van der Waals surface area contributed by atoms with E-state index in [4.69, 9.17) is 9.47 Å². The van der Waals surface area contributed by atoms with Crippen LogP contribution >= 0.6 is 0 Å². The standard InChI is InChI=1S/C25H25NO2/c1-2-6-18(7-3-1)16-26-25-21(12-11-20-8-4-5-9-22(20)25)14-19-10-13-23-24(15-19)28-17-27-23/h1-10,13,15,21,25-26H,11-12,14,16-17H2. The van der Waals surface area contributed by atoms with Gasteiger partial charge in [0.1, 0.15) is 0 Å². The molecule has 0 saturated carbocycles. The SMILES string of the molecule is c1ccc(CNC2c3ccccc3CCC2Cc2ccc3c(c2)OCO3)cc1. The molecule has 0 spiro atoms. The predicted octanol–water partition coefficient (Wildman–Crippen LogP) is 5.05. The van der Waals surface area contributed by atoms with Crippen LogP contribution in [0.25, 0.3) is 0 Å². The minimum absolute atomic E-state index is 0.330. The van der Waals surface area contributed by atoms with Crippen molar-refractivity contribution in [1.29, 1.82) is 0 Å². The summed E-state index contributed by atoms with van der Waals surface area (Å²) < 4.78 is 11.0. The first kappa shape index (κ1) is 17.3. The molecule has 3 aromatic carbocycles. The molecule has 3 aromatic rings. The van der Waals surface area contributed by atoms with E-state index in [2.05, 4.69) is 72.0 Å². The maximum atomic E-state index is 5.58. The Morgan fingerprint density at radius 2 is 1.64 bits per heavy atom. The Kier molecular flexibility index (Phi) is 4.76. The molecule has 142 valence electrons. The number of ether oxygens (including phenoxy) is 2. The molecule has 0 radical (unpaired) electrons. The Morgan fingerprint density at radius 3 is 2.57 bits per heavy atom. The molecule has 1 N–H and O–H groups in total. The maximum absolute atomic E-state index is 5.58. The second-order valence-corrected chi connectivity index (χ2v) is 7.73. The molecule has 2 atom stereocenters. The summed E-state index contributed by atoms with van der Waals surface area (Å²) in [6.45, 7) is 1.22. The quantitative estimate of drug-likeness (QED) is 0.681. The van der Waals surface area contributed by atoms with Crippen molar-refractivity contribution in [3.63, 3.8) is 0 Å². The highest BCUT2D eigenvalue weighted by Gasteiger charge is 2.29. The van der Waals surface area contributed by atoms with Gasteiger partial charge in [-0.05, 0) is 59.6 Å². The number of aryl methyl sites for hydroxylation is 1. The van der Waals surface area contributed by atoms with Gasteiger partial charge >= 0.3 is 0 Å². The van der Waals surface area contributed by atoms with Crippen molar-refractivity contribution in [3.05, 3.63) is 95.1 Å². The van der Waals surface area contributed by atoms with Gasteiger partial charge in [0.15, 0.2) is 11.5 Å². The van der Waals surface area contributed by atoms with E-state index < -0.39 is 0 Å². The highest BCUT2D eigenvalue weighted by molar-refractivity contribution is 5.45. The third-order valence-electron chi connectivity index (χ3n) is 5.95. The van der Waals surface area contributed by atoms with Gasteiger partial charge < -0.3 is 14.8 Å². The van der Waals surface area contributed by atoms with Crippen molar-refractivity contribution in [2.24, 2.45) is 5.92 Å². The maximum Gasteiger partial charge on any atom is 0.231 e. The molecule has 0 amide bonds. The van der Waals surface area contributed by atoms with E-state index in [0.29, 0.717) is 18.8 Å². The number of nitrogens with one attached hydrogen (secondary N) is 1. The van der Waals surface area contributed by atoms with Crippen molar-refractivity contribution in [1.82, 2.24) is 5.32 Å². The van der Waals surface area contributed by atoms with Gasteiger partial charge in [-0.25, -0.2) is 0 Å². The van der Waals surface area contributed by atoms with E-state index in [1.165, 1.54) is 28.7 Å². The van der Waals surface area contributed by atoms with Crippen LogP contribution in [0.1, 0.15) is 34.7 Å². The summed E-state index contributed by atoms with van der Waals surface area (Å²) in [5.41, 5.74) is 5.58. The van der Waals surface area contributed by atoms with Crippen LogP contribution in [0.5, 0.6) is 11.5 Å². The van der Waals surface area contributed by atoms with E-state index >= 15 is 0 Å². The van der Waals surface area contributed by atoms with Crippen molar-refractivity contribution in [2.75, 3.05) is 6.79 Å². The lowest BCUT2D eigenvalue weighted by atomic mass is 9.77. The third-order valence-corrected chi connectivity index (χ3v) is 5.95. The van der Waals surface area contributed by atoms with Gasteiger partial charge in [0.25, 0.3) is 0 Å². The summed E-state index contributed by atoms with van der Waals surface area (Å²) in [5.74, 6) is 2.29. The van der Waals surface area contributed by atoms with Crippen molar-refractivity contribution in [3.8, 4) is 11.5 Å². The first-order valence-corrected chi connectivity index (χ1v) is 10.1. The van der Waals surface area contributed by atoms with Gasteiger partial charge in [0.2, 0.25) is 6.79 Å². The van der Waals surface area contributed by atoms with Crippen LogP contribution in [0.2, 0.25) is 0 Å². The van der Waals surface area contributed by atoms with Gasteiger partial charge in [-0.15, -0.1) is 0 Å². The number of fused-ring (bicyclic) bond motifs is 2. The normalized spacial score (nSPS) is 20.0. The van der Waals surface area contributed by atoms with Crippen LogP contribution in [-0.4, -0.2) is 6.79 Å². The molecular formula is C25H25NO2. The van der Waals surface area contributed by atoms with Crippen LogP contribution in [0.15, 0.2) is 72.8 Å². The second kappa shape index (κ2) is 7.69. The Morgan fingerprint density at radius 1 is 0.821 bits per heavy atom. The first-order chi connectivity index (χ1) is 13.9. The van der Waals surface area contributed by atoms with Crippen molar-refractivity contribution < 1.29 is 9.47 Å². The highest BCUT2D eigenvalue weighted by atomic mass is 16.7. The van der Waals surface area contributed by atoms with Gasteiger partial charge in [0, 0.05) is 12.6 Å². The smallest absolute Gasteiger partial charge is 0.231 e. The molecule has 1 heterocycles. The van der Waals surface area contributed by atoms with Crippen molar-refractivity contribution >= 4 is 0 Å². The molecule has 0 fully saturated rings. The number of rotatable bonds is 5. The molecule has 2 unspecified atom stereocenters. The van der Waals surface area contributed by atoms with E-state index in [9.17, 15) is 0 Å². The molecular weight excluding hydrogens is 346 g/mol. The summed E-state index contributed by atoms with van der Waals surface area (Å²) in [4.78, 5) is 0. The zero-order chi connectivity index (χ0) is 18.8.